The second kappa shape index (κ2) is 9.07. The van der Waals surface area contributed by atoms with Gasteiger partial charge in [-0.2, -0.15) is 5.10 Å². The second-order valence-electron chi connectivity index (χ2n) is 5.02. The summed E-state index contributed by atoms with van der Waals surface area (Å²) in [6.45, 7) is 1.42. The summed E-state index contributed by atoms with van der Waals surface area (Å²) >= 11 is 0. The number of esters is 1. The van der Waals surface area contributed by atoms with Crippen molar-refractivity contribution < 1.29 is 19.1 Å². The van der Waals surface area contributed by atoms with Gasteiger partial charge in [0.15, 0.2) is 11.5 Å². The first-order valence-corrected chi connectivity index (χ1v) is 7.56. The summed E-state index contributed by atoms with van der Waals surface area (Å²) in [5.41, 5.74) is 3.97. The Balaban J connectivity index is 1.88. The van der Waals surface area contributed by atoms with Gasteiger partial charge in [-0.3, -0.25) is 9.59 Å². The van der Waals surface area contributed by atoms with Gasteiger partial charge in [0, 0.05) is 12.6 Å². The molecule has 0 radical (unpaired) electrons. The highest BCUT2D eigenvalue weighted by atomic mass is 16.6. The van der Waals surface area contributed by atoms with E-state index < -0.39 is 5.97 Å². The maximum atomic E-state index is 11.7. The number of methoxy groups -OCH3 is 1. The number of amides is 1. The van der Waals surface area contributed by atoms with Crippen LogP contribution in [0.2, 0.25) is 0 Å². The van der Waals surface area contributed by atoms with Crippen LogP contribution in [-0.4, -0.2) is 31.7 Å². The highest BCUT2D eigenvalue weighted by Crippen LogP contribution is 2.27. The lowest BCUT2D eigenvalue weighted by molar-refractivity contribution is -0.132. The number of ether oxygens (including phenoxy) is 2. The molecule has 7 nitrogen and oxygen atoms in total. The number of nitrogens with one attached hydrogen (secondary N) is 2. The molecule has 0 saturated carbocycles. The van der Waals surface area contributed by atoms with Crippen molar-refractivity contribution in [2.24, 2.45) is 5.10 Å². The first kappa shape index (κ1) is 18.0. The summed E-state index contributed by atoms with van der Waals surface area (Å²) in [6, 6.07) is 14.3. The minimum atomic E-state index is -0.433. The summed E-state index contributed by atoms with van der Waals surface area (Å²) in [4.78, 5) is 22.8. The average Bonchev–Trinajstić information content (AvgIpc) is 2.61. The van der Waals surface area contributed by atoms with Gasteiger partial charge >= 0.3 is 5.97 Å². The van der Waals surface area contributed by atoms with Crippen LogP contribution in [0.5, 0.6) is 11.5 Å². The Bertz CT molecular complexity index is 760. The SMILES string of the molecule is COc1cc(/C=N/NC(=O)CNc2ccccc2)ccc1OC(C)=O. The van der Waals surface area contributed by atoms with Crippen molar-refractivity contribution in [1.82, 2.24) is 5.43 Å². The molecule has 0 aliphatic heterocycles. The number of hydrogen-bond acceptors (Lipinski definition) is 6. The maximum Gasteiger partial charge on any atom is 0.308 e. The molecule has 0 atom stereocenters. The van der Waals surface area contributed by atoms with Crippen molar-refractivity contribution in [1.29, 1.82) is 0 Å². The van der Waals surface area contributed by atoms with Crippen LogP contribution in [0, 0.1) is 0 Å². The molecule has 0 spiro atoms. The zero-order valence-electron chi connectivity index (χ0n) is 14.0. The van der Waals surface area contributed by atoms with Gasteiger partial charge in [-0.15, -0.1) is 0 Å². The number of carbonyl (C=O) groups is 2. The van der Waals surface area contributed by atoms with Crippen molar-refractivity contribution in [2.45, 2.75) is 6.92 Å². The highest BCUT2D eigenvalue weighted by molar-refractivity contribution is 5.85. The summed E-state index contributed by atoms with van der Waals surface area (Å²) in [5.74, 6) is 0.0148. The predicted molar refractivity (Wildman–Crippen MR) is 95.0 cm³/mol. The number of rotatable bonds is 7. The summed E-state index contributed by atoms with van der Waals surface area (Å²) in [6.07, 6.45) is 1.47. The second-order valence-corrected chi connectivity index (χ2v) is 5.02. The van der Waals surface area contributed by atoms with E-state index in [0.29, 0.717) is 17.1 Å². The highest BCUT2D eigenvalue weighted by Gasteiger charge is 2.07. The van der Waals surface area contributed by atoms with Crippen LogP contribution >= 0.6 is 0 Å². The Morgan fingerprint density at radius 3 is 2.56 bits per heavy atom. The molecular formula is C18H19N3O4. The van der Waals surface area contributed by atoms with Crippen molar-refractivity contribution >= 4 is 23.8 Å². The fourth-order valence-electron chi connectivity index (χ4n) is 1.96. The van der Waals surface area contributed by atoms with E-state index in [2.05, 4.69) is 15.8 Å². The smallest absolute Gasteiger partial charge is 0.308 e. The van der Waals surface area contributed by atoms with E-state index in [4.69, 9.17) is 9.47 Å². The van der Waals surface area contributed by atoms with Gasteiger partial charge in [0.1, 0.15) is 0 Å². The summed E-state index contributed by atoms with van der Waals surface area (Å²) in [5, 5.41) is 6.87. The topological polar surface area (TPSA) is 89.0 Å². The Morgan fingerprint density at radius 2 is 1.88 bits per heavy atom. The molecule has 0 heterocycles. The molecule has 25 heavy (non-hydrogen) atoms. The van der Waals surface area contributed by atoms with Crippen molar-refractivity contribution in [3.8, 4) is 11.5 Å². The summed E-state index contributed by atoms with van der Waals surface area (Å²) < 4.78 is 10.2. The molecule has 0 unspecified atom stereocenters. The van der Waals surface area contributed by atoms with Gasteiger partial charge in [-0.25, -0.2) is 5.43 Å². The normalized spacial score (nSPS) is 10.3. The third kappa shape index (κ3) is 5.98. The molecule has 0 fully saturated rings. The first-order valence-electron chi connectivity index (χ1n) is 7.56. The Kier molecular flexibility index (Phi) is 6.53. The number of hydrogen-bond donors (Lipinski definition) is 2. The van der Waals surface area contributed by atoms with Crippen LogP contribution < -0.4 is 20.2 Å². The number of anilines is 1. The van der Waals surface area contributed by atoms with Gasteiger partial charge in [-0.1, -0.05) is 18.2 Å². The molecule has 1 amide bonds. The van der Waals surface area contributed by atoms with Crippen molar-refractivity contribution in [3.05, 3.63) is 54.1 Å². The number of benzene rings is 2. The zero-order valence-corrected chi connectivity index (χ0v) is 14.0. The van der Waals surface area contributed by atoms with E-state index in [0.717, 1.165) is 5.69 Å². The number of para-hydroxylation sites is 1. The molecule has 0 aromatic heterocycles. The minimum Gasteiger partial charge on any atom is -0.493 e. The molecule has 0 bridgehead atoms. The van der Waals surface area contributed by atoms with E-state index >= 15 is 0 Å². The monoisotopic (exact) mass is 341 g/mol. The van der Waals surface area contributed by atoms with Crippen LogP contribution in [0.15, 0.2) is 53.6 Å². The third-order valence-corrected chi connectivity index (χ3v) is 3.07. The summed E-state index contributed by atoms with van der Waals surface area (Å²) in [7, 11) is 1.47. The van der Waals surface area contributed by atoms with Gasteiger partial charge in [0.05, 0.1) is 19.9 Å². The van der Waals surface area contributed by atoms with E-state index in [1.807, 2.05) is 30.3 Å². The quantitative estimate of drug-likeness (QED) is 0.349. The van der Waals surface area contributed by atoms with E-state index in [1.165, 1.54) is 20.2 Å². The van der Waals surface area contributed by atoms with Crippen LogP contribution in [-0.2, 0) is 9.59 Å². The molecule has 0 saturated heterocycles. The predicted octanol–water partition coefficient (Wildman–Crippen LogP) is 2.18. The lowest BCUT2D eigenvalue weighted by Gasteiger charge is -2.08. The first-order chi connectivity index (χ1) is 12.1. The van der Waals surface area contributed by atoms with Crippen molar-refractivity contribution in [3.63, 3.8) is 0 Å². The van der Waals surface area contributed by atoms with Gasteiger partial charge < -0.3 is 14.8 Å². The molecule has 0 aliphatic carbocycles. The van der Waals surface area contributed by atoms with Crippen LogP contribution in [0.3, 0.4) is 0 Å². The molecule has 2 aromatic rings. The average molecular weight is 341 g/mol. The maximum absolute atomic E-state index is 11.7. The van der Waals surface area contributed by atoms with Crippen LogP contribution in [0.1, 0.15) is 12.5 Å². The fourth-order valence-corrected chi connectivity index (χ4v) is 1.96. The number of carbonyl (C=O) groups excluding carboxylic acids is 2. The van der Waals surface area contributed by atoms with Gasteiger partial charge in [0.2, 0.25) is 0 Å². The molecular weight excluding hydrogens is 322 g/mol. The molecule has 0 aliphatic rings. The number of nitrogens with zero attached hydrogens (tertiary/aromatic N) is 1. The van der Waals surface area contributed by atoms with Crippen LogP contribution in [0.4, 0.5) is 5.69 Å². The molecule has 2 rings (SSSR count). The Hall–Kier alpha value is -3.35. The Morgan fingerprint density at radius 1 is 1.12 bits per heavy atom. The van der Waals surface area contributed by atoms with E-state index in [9.17, 15) is 9.59 Å². The third-order valence-electron chi connectivity index (χ3n) is 3.07. The van der Waals surface area contributed by atoms with Crippen LogP contribution in [0.25, 0.3) is 0 Å². The molecule has 130 valence electrons. The lowest BCUT2D eigenvalue weighted by Crippen LogP contribution is -2.25. The molecule has 2 aromatic carbocycles. The lowest BCUT2D eigenvalue weighted by atomic mass is 10.2. The fraction of sp³-hybridized carbons (Fsp3) is 0.167. The Labute approximate surface area is 145 Å². The van der Waals surface area contributed by atoms with Gasteiger partial charge in [-0.05, 0) is 35.9 Å². The standard InChI is InChI=1S/C18H19N3O4/c1-13(22)25-16-9-8-14(10-17(16)24-2)11-20-21-18(23)12-19-15-6-4-3-5-7-15/h3-11,19H,12H2,1-2H3,(H,21,23)/b20-11+. The van der Waals surface area contributed by atoms with Gasteiger partial charge in [0.25, 0.3) is 5.91 Å². The number of hydrazone groups is 1. The van der Waals surface area contributed by atoms with Crippen molar-refractivity contribution in [2.75, 3.05) is 19.0 Å². The van der Waals surface area contributed by atoms with E-state index in [1.54, 1.807) is 18.2 Å². The molecule has 7 heteroatoms. The zero-order chi connectivity index (χ0) is 18.1. The largest absolute Gasteiger partial charge is 0.493 e. The molecule has 2 N–H and O–H groups in total. The minimum absolute atomic E-state index is 0.107. The van der Waals surface area contributed by atoms with E-state index in [-0.39, 0.29) is 12.5 Å².